The summed E-state index contributed by atoms with van der Waals surface area (Å²) in [6.45, 7) is 14.6. The predicted molar refractivity (Wildman–Crippen MR) is 99.9 cm³/mol. The first-order valence-corrected chi connectivity index (χ1v) is 9.83. The van der Waals surface area contributed by atoms with Crippen LogP contribution in [0.2, 0.25) is 0 Å². The fourth-order valence-corrected chi connectivity index (χ4v) is 6.52. The summed E-state index contributed by atoms with van der Waals surface area (Å²) in [6.07, 6.45) is 6.58. The van der Waals surface area contributed by atoms with Crippen molar-refractivity contribution in [3.05, 3.63) is 23.8 Å². The molecule has 0 aromatic rings. The molecule has 0 aromatic heterocycles. The number of aliphatic hydroxyl groups excluding tert-OH is 1. The number of hydrogen-bond donors (Lipinski definition) is 1. The van der Waals surface area contributed by atoms with Crippen LogP contribution in [0.25, 0.3) is 0 Å². The molecule has 3 rings (SSSR count). The van der Waals surface area contributed by atoms with Gasteiger partial charge < -0.3 is 9.84 Å². The van der Waals surface area contributed by atoms with Crippen LogP contribution in [0.5, 0.6) is 0 Å². The number of carbonyl (C=O) groups is 1. The van der Waals surface area contributed by atoms with Gasteiger partial charge in [-0.3, -0.25) is 4.79 Å². The Morgan fingerprint density at radius 3 is 2.60 bits per heavy atom. The second-order valence-corrected chi connectivity index (χ2v) is 9.17. The van der Waals surface area contributed by atoms with Crippen molar-refractivity contribution in [2.24, 2.45) is 29.1 Å². The molecule has 0 amide bonds. The molecule has 0 heterocycles. The molecule has 0 bridgehead atoms. The minimum atomic E-state index is -0.461. The van der Waals surface area contributed by atoms with Crippen LogP contribution in [-0.4, -0.2) is 22.8 Å². The molecule has 0 radical (unpaired) electrons. The van der Waals surface area contributed by atoms with E-state index >= 15 is 0 Å². The maximum Gasteiger partial charge on any atom is 0.303 e. The van der Waals surface area contributed by atoms with E-state index in [2.05, 4.69) is 40.3 Å². The Morgan fingerprint density at radius 1 is 1.32 bits per heavy atom. The molecule has 0 aliphatic heterocycles. The first-order valence-electron chi connectivity index (χ1n) is 9.83. The van der Waals surface area contributed by atoms with E-state index < -0.39 is 11.7 Å². The molecule has 0 aromatic carbocycles. The highest BCUT2D eigenvalue weighted by molar-refractivity contribution is 5.67. The number of rotatable bonds is 5. The zero-order valence-corrected chi connectivity index (χ0v) is 16.5. The maximum atomic E-state index is 11.8. The van der Waals surface area contributed by atoms with E-state index in [0.717, 1.165) is 32.1 Å². The molecule has 140 valence electrons. The van der Waals surface area contributed by atoms with E-state index in [1.165, 1.54) is 18.1 Å². The number of ether oxygens (including phenoxy) is 1. The van der Waals surface area contributed by atoms with Gasteiger partial charge in [0.1, 0.15) is 5.60 Å². The SMILES string of the molecule is C=C(CCC=C(C)C)[C@@H]1C[C@H](O)[C@@]2(C)[C@@H]1[C@@H]1[C@H](C)CC[C@@]12OC(C)=O. The van der Waals surface area contributed by atoms with Crippen molar-refractivity contribution in [2.75, 3.05) is 0 Å². The molecule has 1 N–H and O–H groups in total. The van der Waals surface area contributed by atoms with Crippen molar-refractivity contribution in [2.45, 2.75) is 78.4 Å². The van der Waals surface area contributed by atoms with Crippen molar-refractivity contribution in [1.82, 2.24) is 0 Å². The normalized spacial score (nSPS) is 44.5. The average molecular weight is 347 g/mol. The first-order chi connectivity index (χ1) is 11.6. The Labute approximate surface area is 152 Å². The molecule has 3 fully saturated rings. The minimum Gasteiger partial charge on any atom is -0.458 e. The van der Waals surface area contributed by atoms with Gasteiger partial charge in [-0.05, 0) is 63.7 Å². The molecular weight excluding hydrogens is 312 g/mol. The summed E-state index contributed by atoms with van der Waals surface area (Å²) < 4.78 is 5.96. The number of allylic oxidation sites excluding steroid dienone is 3. The lowest BCUT2D eigenvalue weighted by Gasteiger charge is -2.65. The molecule has 25 heavy (non-hydrogen) atoms. The smallest absolute Gasteiger partial charge is 0.303 e. The average Bonchev–Trinajstić information content (AvgIpc) is 2.91. The van der Waals surface area contributed by atoms with Gasteiger partial charge in [0.05, 0.1) is 6.10 Å². The monoisotopic (exact) mass is 346 g/mol. The summed E-state index contributed by atoms with van der Waals surface area (Å²) >= 11 is 0. The lowest BCUT2D eigenvalue weighted by molar-refractivity contribution is -0.277. The number of fused-ring (bicyclic) bond motifs is 4. The van der Waals surface area contributed by atoms with Crippen LogP contribution in [0, 0.1) is 29.1 Å². The molecule has 0 saturated heterocycles. The van der Waals surface area contributed by atoms with Gasteiger partial charge in [0.15, 0.2) is 0 Å². The number of esters is 1. The van der Waals surface area contributed by atoms with Crippen LogP contribution in [0.1, 0.15) is 66.7 Å². The zero-order valence-electron chi connectivity index (χ0n) is 16.5. The van der Waals surface area contributed by atoms with Crippen LogP contribution in [0.4, 0.5) is 0 Å². The highest BCUT2D eigenvalue weighted by atomic mass is 16.6. The summed E-state index contributed by atoms with van der Waals surface area (Å²) in [5.41, 5.74) is 1.82. The molecule has 7 atom stereocenters. The second-order valence-electron chi connectivity index (χ2n) is 9.17. The zero-order chi connectivity index (χ0) is 18.6. The van der Waals surface area contributed by atoms with E-state index in [4.69, 9.17) is 4.74 Å². The first kappa shape index (κ1) is 18.7. The second kappa shape index (κ2) is 6.26. The molecule has 3 aliphatic carbocycles. The molecule has 3 heteroatoms. The van der Waals surface area contributed by atoms with Crippen LogP contribution < -0.4 is 0 Å². The fraction of sp³-hybridized carbons (Fsp3) is 0.773. The summed E-state index contributed by atoms with van der Waals surface area (Å²) in [5, 5.41) is 11.0. The topological polar surface area (TPSA) is 46.5 Å². The van der Waals surface area contributed by atoms with Crippen molar-refractivity contribution < 1.29 is 14.6 Å². The summed E-state index contributed by atoms with van der Waals surface area (Å²) in [4.78, 5) is 11.8. The summed E-state index contributed by atoms with van der Waals surface area (Å²) in [5.74, 6) is 1.43. The lowest BCUT2D eigenvalue weighted by atomic mass is 9.43. The van der Waals surface area contributed by atoms with Crippen molar-refractivity contribution in [3.63, 3.8) is 0 Å². The van der Waals surface area contributed by atoms with Crippen molar-refractivity contribution in [1.29, 1.82) is 0 Å². The van der Waals surface area contributed by atoms with Gasteiger partial charge >= 0.3 is 5.97 Å². The van der Waals surface area contributed by atoms with Gasteiger partial charge in [-0.1, -0.05) is 37.6 Å². The number of aliphatic hydroxyl groups is 1. The highest BCUT2D eigenvalue weighted by Crippen LogP contribution is 2.76. The van der Waals surface area contributed by atoms with E-state index in [-0.39, 0.29) is 11.4 Å². The molecule has 3 saturated carbocycles. The van der Waals surface area contributed by atoms with Crippen molar-refractivity contribution in [3.8, 4) is 0 Å². The largest absolute Gasteiger partial charge is 0.458 e. The van der Waals surface area contributed by atoms with Crippen LogP contribution >= 0.6 is 0 Å². The fourth-order valence-electron chi connectivity index (χ4n) is 6.52. The Balaban J connectivity index is 1.85. The Hall–Kier alpha value is -1.09. The van der Waals surface area contributed by atoms with Crippen LogP contribution in [0.3, 0.4) is 0 Å². The van der Waals surface area contributed by atoms with E-state index in [1.807, 2.05) is 0 Å². The summed E-state index contributed by atoms with van der Waals surface area (Å²) in [7, 11) is 0. The Morgan fingerprint density at radius 2 is 2.00 bits per heavy atom. The van der Waals surface area contributed by atoms with E-state index in [0.29, 0.717) is 23.7 Å². The third kappa shape index (κ3) is 2.53. The molecule has 3 aliphatic rings. The molecule has 3 nitrogen and oxygen atoms in total. The van der Waals surface area contributed by atoms with E-state index in [1.54, 1.807) is 0 Å². The van der Waals surface area contributed by atoms with E-state index in [9.17, 15) is 9.90 Å². The quantitative estimate of drug-likeness (QED) is 0.582. The van der Waals surface area contributed by atoms with Gasteiger partial charge in [0.2, 0.25) is 0 Å². The highest BCUT2D eigenvalue weighted by Gasteiger charge is 2.80. The molecule has 0 spiro atoms. The predicted octanol–water partition coefficient (Wildman–Crippen LogP) is 4.65. The van der Waals surface area contributed by atoms with Gasteiger partial charge in [-0.25, -0.2) is 0 Å². The van der Waals surface area contributed by atoms with Gasteiger partial charge in [0.25, 0.3) is 0 Å². The third-order valence-electron chi connectivity index (χ3n) is 7.58. The molecule has 0 unspecified atom stereocenters. The van der Waals surface area contributed by atoms with Gasteiger partial charge in [0, 0.05) is 18.3 Å². The minimum absolute atomic E-state index is 0.211. The Bertz CT molecular complexity index is 602. The van der Waals surface area contributed by atoms with Gasteiger partial charge in [-0.15, -0.1) is 0 Å². The van der Waals surface area contributed by atoms with Crippen LogP contribution in [0.15, 0.2) is 23.8 Å². The van der Waals surface area contributed by atoms with Crippen LogP contribution in [-0.2, 0) is 9.53 Å². The summed E-state index contributed by atoms with van der Waals surface area (Å²) in [6, 6.07) is 0. The lowest BCUT2D eigenvalue weighted by Crippen LogP contribution is -2.71. The molecular formula is C22H34O3. The number of carbonyl (C=O) groups excluding carboxylic acids is 1. The third-order valence-corrected chi connectivity index (χ3v) is 7.58. The standard InChI is InChI=1S/C22H34O3/c1-13(2)8-7-9-14(3)17-12-18(24)21(6)20(17)19-15(4)10-11-22(19,21)25-16(5)23/h8,15,17-20,24H,3,7,9-12H2,1-2,4-6H3/t15-,17+,18+,19+,20+,21+,22-/m1/s1. The van der Waals surface area contributed by atoms with Crippen molar-refractivity contribution >= 4 is 5.97 Å². The Kier molecular flexibility index (Phi) is 4.68. The number of hydrogen-bond acceptors (Lipinski definition) is 3. The van der Waals surface area contributed by atoms with Gasteiger partial charge in [-0.2, -0.15) is 0 Å². The maximum absolute atomic E-state index is 11.8.